The van der Waals surface area contributed by atoms with E-state index in [-0.39, 0.29) is 6.47 Å². The number of halogens is 1. The van der Waals surface area contributed by atoms with Crippen LogP contribution in [0, 0.1) is 0 Å². The molecule has 0 radical (unpaired) electrons. The first-order valence-electron chi connectivity index (χ1n) is 3.44. The summed E-state index contributed by atoms with van der Waals surface area (Å²) in [6, 6.07) is 0. The van der Waals surface area contributed by atoms with Gasteiger partial charge in [-0.2, -0.15) is 0 Å². The van der Waals surface area contributed by atoms with Crippen molar-refractivity contribution in [1.29, 1.82) is 0 Å². The van der Waals surface area contributed by atoms with Crippen molar-refractivity contribution in [2.75, 3.05) is 0 Å². The highest BCUT2D eigenvalue weighted by Crippen LogP contribution is 2.10. The van der Waals surface area contributed by atoms with Crippen molar-refractivity contribution in [3.05, 3.63) is 0 Å². The normalized spacial score (nSPS) is 11.1. The molecular formula is C7H15BrO2. The Kier molecular flexibility index (Phi) is 14.8. The van der Waals surface area contributed by atoms with Gasteiger partial charge in [0.05, 0.1) is 0 Å². The molecule has 1 N–H and O–H groups in total. The zero-order chi connectivity index (χ0) is 8.41. The van der Waals surface area contributed by atoms with Crippen molar-refractivity contribution in [1.82, 2.24) is 0 Å². The Balaban J connectivity index is 0. The summed E-state index contributed by atoms with van der Waals surface area (Å²) >= 11 is 3.54. The second kappa shape index (κ2) is 11.7. The predicted molar refractivity (Wildman–Crippen MR) is 46.6 cm³/mol. The average Bonchev–Trinajstić information content (AvgIpc) is 1.90. The molecule has 0 aliphatic rings. The van der Waals surface area contributed by atoms with E-state index in [2.05, 4.69) is 29.8 Å². The van der Waals surface area contributed by atoms with Crippen molar-refractivity contribution in [2.45, 2.75) is 37.9 Å². The molecule has 1 unspecified atom stereocenters. The lowest BCUT2D eigenvalue weighted by atomic mass is 10.2. The predicted octanol–water partition coefficient (Wildman–Crippen LogP) is 2.66. The minimum absolute atomic E-state index is 0.250. The lowest BCUT2D eigenvalue weighted by molar-refractivity contribution is -0.122. The fourth-order valence-corrected chi connectivity index (χ4v) is 0.975. The second-order valence-electron chi connectivity index (χ2n) is 1.90. The Morgan fingerprint density at radius 3 is 2.10 bits per heavy atom. The maximum atomic E-state index is 8.36. The van der Waals surface area contributed by atoms with Crippen LogP contribution in [0.4, 0.5) is 0 Å². The lowest BCUT2D eigenvalue weighted by Crippen LogP contribution is -1.91. The number of hydrogen-bond donors (Lipinski definition) is 1. The van der Waals surface area contributed by atoms with E-state index >= 15 is 0 Å². The standard InChI is InChI=1S/C6H13Br.CH2O2/c1-3-5-6(7)4-2;2-1-3/h6H,3-5H2,1-2H3;1H,(H,2,3). The third-order valence-corrected chi connectivity index (χ3v) is 2.15. The molecular weight excluding hydrogens is 196 g/mol. The first kappa shape index (κ1) is 12.6. The summed E-state index contributed by atoms with van der Waals surface area (Å²) in [5, 5.41) is 6.89. The van der Waals surface area contributed by atoms with E-state index in [0.717, 1.165) is 4.83 Å². The molecule has 3 heteroatoms. The van der Waals surface area contributed by atoms with Crippen LogP contribution in [-0.4, -0.2) is 16.4 Å². The summed E-state index contributed by atoms with van der Waals surface area (Å²) in [5.74, 6) is 0. The summed E-state index contributed by atoms with van der Waals surface area (Å²) in [4.78, 5) is 9.12. The Bertz CT molecular complexity index is 66.6. The number of alkyl halides is 1. The van der Waals surface area contributed by atoms with Crippen LogP contribution in [0.1, 0.15) is 33.1 Å². The quantitative estimate of drug-likeness (QED) is 0.575. The fourth-order valence-electron chi connectivity index (χ4n) is 0.517. The molecule has 0 saturated heterocycles. The molecule has 0 aliphatic heterocycles. The fraction of sp³-hybridized carbons (Fsp3) is 0.857. The first-order chi connectivity index (χ1) is 4.72. The number of rotatable bonds is 3. The Hall–Kier alpha value is -0.0500. The molecule has 0 saturated carbocycles. The SMILES string of the molecule is CCCC(Br)CC.O=CO. The van der Waals surface area contributed by atoms with Crippen LogP contribution in [0.2, 0.25) is 0 Å². The van der Waals surface area contributed by atoms with Crippen LogP contribution < -0.4 is 0 Å². The molecule has 0 heterocycles. The Labute approximate surface area is 70.8 Å². The molecule has 0 spiro atoms. The largest absolute Gasteiger partial charge is 0.483 e. The summed E-state index contributed by atoms with van der Waals surface area (Å²) in [6.45, 7) is 4.17. The minimum Gasteiger partial charge on any atom is -0.483 e. The van der Waals surface area contributed by atoms with Gasteiger partial charge >= 0.3 is 0 Å². The van der Waals surface area contributed by atoms with Gasteiger partial charge in [0.2, 0.25) is 0 Å². The monoisotopic (exact) mass is 210 g/mol. The van der Waals surface area contributed by atoms with Gasteiger partial charge in [-0.25, -0.2) is 0 Å². The van der Waals surface area contributed by atoms with Crippen molar-refractivity contribution >= 4 is 22.4 Å². The van der Waals surface area contributed by atoms with Crippen LogP contribution >= 0.6 is 15.9 Å². The van der Waals surface area contributed by atoms with Crippen molar-refractivity contribution in [3.8, 4) is 0 Å². The van der Waals surface area contributed by atoms with Crippen molar-refractivity contribution in [2.24, 2.45) is 0 Å². The van der Waals surface area contributed by atoms with E-state index < -0.39 is 0 Å². The molecule has 0 rings (SSSR count). The minimum atomic E-state index is -0.250. The van der Waals surface area contributed by atoms with E-state index in [1.807, 2.05) is 0 Å². The van der Waals surface area contributed by atoms with Gasteiger partial charge in [-0.05, 0) is 12.8 Å². The summed E-state index contributed by atoms with van der Waals surface area (Å²) in [6.07, 6.45) is 3.87. The van der Waals surface area contributed by atoms with E-state index in [4.69, 9.17) is 9.90 Å². The van der Waals surface area contributed by atoms with E-state index in [1.165, 1.54) is 19.3 Å². The zero-order valence-corrected chi connectivity index (χ0v) is 8.10. The van der Waals surface area contributed by atoms with Gasteiger partial charge in [-0.3, -0.25) is 4.79 Å². The molecule has 0 aliphatic carbocycles. The first-order valence-corrected chi connectivity index (χ1v) is 4.36. The molecule has 0 fully saturated rings. The van der Waals surface area contributed by atoms with Gasteiger partial charge in [0.1, 0.15) is 0 Å². The maximum Gasteiger partial charge on any atom is 0.290 e. The number of carbonyl (C=O) groups is 1. The summed E-state index contributed by atoms with van der Waals surface area (Å²) in [5.41, 5.74) is 0. The molecule has 10 heavy (non-hydrogen) atoms. The number of hydrogen-bond acceptors (Lipinski definition) is 1. The lowest BCUT2D eigenvalue weighted by Gasteiger charge is -2.00. The summed E-state index contributed by atoms with van der Waals surface area (Å²) in [7, 11) is 0. The van der Waals surface area contributed by atoms with E-state index in [9.17, 15) is 0 Å². The van der Waals surface area contributed by atoms with Crippen molar-refractivity contribution in [3.63, 3.8) is 0 Å². The summed E-state index contributed by atoms with van der Waals surface area (Å²) < 4.78 is 0. The Morgan fingerprint density at radius 2 is 2.00 bits per heavy atom. The highest BCUT2D eigenvalue weighted by Gasteiger charge is 1.94. The second-order valence-corrected chi connectivity index (χ2v) is 3.19. The van der Waals surface area contributed by atoms with Crippen LogP contribution in [0.25, 0.3) is 0 Å². The third kappa shape index (κ3) is 15.7. The molecule has 1 atom stereocenters. The number of carboxylic acid groups (broad SMARTS) is 1. The highest BCUT2D eigenvalue weighted by molar-refractivity contribution is 9.09. The molecule has 0 aromatic carbocycles. The van der Waals surface area contributed by atoms with Gasteiger partial charge in [-0.15, -0.1) is 0 Å². The smallest absolute Gasteiger partial charge is 0.290 e. The van der Waals surface area contributed by atoms with Crippen LogP contribution in [0.5, 0.6) is 0 Å². The topological polar surface area (TPSA) is 37.3 Å². The van der Waals surface area contributed by atoms with Gasteiger partial charge in [0.15, 0.2) is 0 Å². The van der Waals surface area contributed by atoms with E-state index in [0.29, 0.717) is 0 Å². The molecule has 0 aromatic heterocycles. The van der Waals surface area contributed by atoms with Crippen LogP contribution in [0.3, 0.4) is 0 Å². The average molecular weight is 211 g/mol. The van der Waals surface area contributed by atoms with Crippen LogP contribution in [0.15, 0.2) is 0 Å². The third-order valence-electron chi connectivity index (χ3n) is 1.04. The van der Waals surface area contributed by atoms with Crippen LogP contribution in [-0.2, 0) is 4.79 Å². The van der Waals surface area contributed by atoms with Gasteiger partial charge < -0.3 is 5.11 Å². The maximum absolute atomic E-state index is 8.36. The van der Waals surface area contributed by atoms with Crippen molar-refractivity contribution < 1.29 is 9.90 Å². The van der Waals surface area contributed by atoms with Gasteiger partial charge in [0.25, 0.3) is 6.47 Å². The van der Waals surface area contributed by atoms with Gasteiger partial charge in [-0.1, -0.05) is 36.2 Å². The zero-order valence-electron chi connectivity index (χ0n) is 6.51. The molecule has 0 bridgehead atoms. The highest BCUT2D eigenvalue weighted by atomic mass is 79.9. The van der Waals surface area contributed by atoms with E-state index in [1.54, 1.807) is 0 Å². The molecule has 0 aromatic rings. The molecule has 62 valence electrons. The Morgan fingerprint density at radius 1 is 1.60 bits per heavy atom. The molecule has 0 amide bonds. The van der Waals surface area contributed by atoms with Gasteiger partial charge in [0, 0.05) is 4.83 Å². The molecule has 2 nitrogen and oxygen atoms in total.